The average molecular weight is 433 g/mol. The van der Waals surface area contributed by atoms with Crippen LogP contribution in [0.4, 0.5) is 5.69 Å². The van der Waals surface area contributed by atoms with Crippen molar-refractivity contribution in [3.63, 3.8) is 0 Å². The number of aromatic amines is 1. The third kappa shape index (κ3) is 4.89. The van der Waals surface area contributed by atoms with Gasteiger partial charge in [-0.05, 0) is 43.3 Å². The van der Waals surface area contributed by atoms with Crippen molar-refractivity contribution in [3.8, 4) is 11.4 Å². The Morgan fingerprint density at radius 1 is 1.19 bits per heavy atom. The molecule has 4 rings (SSSR count). The first kappa shape index (κ1) is 20.5. The molecule has 0 saturated carbocycles. The van der Waals surface area contributed by atoms with Crippen LogP contribution in [0.5, 0.6) is 0 Å². The summed E-state index contributed by atoms with van der Waals surface area (Å²) in [4.78, 5) is 41.5. The fourth-order valence-corrected chi connectivity index (χ4v) is 3.79. The molecule has 156 valence electrons. The minimum absolute atomic E-state index is 0.0642. The van der Waals surface area contributed by atoms with Gasteiger partial charge < -0.3 is 14.9 Å². The number of hydrogen-bond donors (Lipinski definition) is 2. The van der Waals surface area contributed by atoms with E-state index >= 15 is 0 Å². The molecule has 9 heteroatoms. The Kier molecular flexibility index (Phi) is 5.94. The van der Waals surface area contributed by atoms with Gasteiger partial charge in [-0.15, -0.1) is 0 Å². The number of carbonyl (C=O) groups excluding carboxylic acids is 1. The third-order valence-electron chi connectivity index (χ3n) is 4.62. The van der Waals surface area contributed by atoms with Gasteiger partial charge in [0.1, 0.15) is 5.82 Å². The summed E-state index contributed by atoms with van der Waals surface area (Å²) < 4.78 is 1.94. The molecule has 0 saturated heterocycles. The van der Waals surface area contributed by atoms with Gasteiger partial charge in [0, 0.05) is 59.2 Å². The van der Waals surface area contributed by atoms with E-state index in [0.717, 1.165) is 10.1 Å². The number of nitrogens with zero attached hydrogens (tertiary/aromatic N) is 4. The van der Waals surface area contributed by atoms with Crippen LogP contribution in [0.3, 0.4) is 0 Å². The van der Waals surface area contributed by atoms with Crippen LogP contribution in [-0.2, 0) is 18.3 Å². The van der Waals surface area contributed by atoms with E-state index in [4.69, 9.17) is 0 Å². The van der Waals surface area contributed by atoms with Gasteiger partial charge in [-0.1, -0.05) is 11.8 Å². The van der Waals surface area contributed by atoms with E-state index in [0.29, 0.717) is 28.3 Å². The fourth-order valence-electron chi connectivity index (χ4n) is 2.99. The van der Waals surface area contributed by atoms with Gasteiger partial charge in [0.25, 0.3) is 5.56 Å². The minimum atomic E-state index is -0.330. The van der Waals surface area contributed by atoms with Crippen LogP contribution in [0.2, 0.25) is 0 Å². The van der Waals surface area contributed by atoms with Crippen LogP contribution >= 0.6 is 11.8 Å². The van der Waals surface area contributed by atoms with Crippen LogP contribution in [-0.4, -0.2) is 30.4 Å². The van der Waals surface area contributed by atoms with E-state index < -0.39 is 0 Å². The SMILES string of the molecule is Cc1nc(-c2cccnc2)[nH]c(=O)c1CC(=O)Nc1ccc(Sc2nccn2C)cc1. The standard InChI is InChI=1S/C22H20N6O2S/c1-14-18(21(30)27-20(25-14)15-4-3-9-23-13-15)12-19(29)26-16-5-7-17(8-6-16)31-22-24-10-11-28(22)2/h3-11,13H,12H2,1-2H3,(H,26,29)(H,25,27,30). The van der Waals surface area contributed by atoms with Crippen molar-refractivity contribution in [3.05, 3.63) is 82.8 Å². The summed E-state index contributed by atoms with van der Waals surface area (Å²) in [5.74, 6) is 0.148. The highest BCUT2D eigenvalue weighted by molar-refractivity contribution is 7.99. The number of carbonyl (C=O) groups is 1. The molecule has 31 heavy (non-hydrogen) atoms. The lowest BCUT2D eigenvalue weighted by atomic mass is 10.1. The Morgan fingerprint density at radius 3 is 2.65 bits per heavy atom. The topological polar surface area (TPSA) is 106 Å². The fraction of sp³-hybridized carbons (Fsp3) is 0.136. The Balaban J connectivity index is 1.43. The Labute approximate surface area is 182 Å². The predicted molar refractivity (Wildman–Crippen MR) is 119 cm³/mol. The molecule has 0 unspecified atom stereocenters. The molecule has 0 radical (unpaired) electrons. The third-order valence-corrected chi connectivity index (χ3v) is 5.70. The number of aryl methyl sites for hydroxylation is 2. The molecule has 0 fully saturated rings. The monoisotopic (exact) mass is 432 g/mol. The second kappa shape index (κ2) is 8.97. The zero-order chi connectivity index (χ0) is 21.8. The molecule has 0 spiro atoms. The van der Waals surface area contributed by atoms with Crippen molar-refractivity contribution < 1.29 is 4.79 Å². The molecule has 1 amide bonds. The summed E-state index contributed by atoms with van der Waals surface area (Å²) >= 11 is 1.54. The number of nitrogens with one attached hydrogen (secondary N) is 2. The van der Waals surface area contributed by atoms with Gasteiger partial charge in [-0.3, -0.25) is 14.6 Å². The van der Waals surface area contributed by atoms with Gasteiger partial charge in [0.05, 0.1) is 6.42 Å². The summed E-state index contributed by atoms with van der Waals surface area (Å²) in [6.45, 7) is 1.72. The quantitative estimate of drug-likeness (QED) is 0.485. The Bertz CT molecular complexity index is 1270. The zero-order valence-corrected chi connectivity index (χ0v) is 17.8. The van der Waals surface area contributed by atoms with Crippen LogP contribution in [0.1, 0.15) is 11.3 Å². The van der Waals surface area contributed by atoms with Crippen LogP contribution in [0, 0.1) is 6.92 Å². The van der Waals surface area contributed by atoms with E-state index in [9.17, 15) is 9.59 Å². The molecule has 0 aliphatic rings. The molecule has 0 aliphatic carbocycles. The van der Waals surface area contributed by atoms with E-state index in [2.05, 4.69) is 25.3 Å². The number of pyridine rings is 1. The zero-order valence-electron chi connectivity index (χ0n) is 17.0. The normalized spacial score (nSPS) is 10.8. The molecule has 0 atom stereocenters. The maximum Gasteiger partial charge on any atom is 0.255 e. The number of H-pyrrole nitrogens is 1. The molecular weight excluding hydrogens is 412 g/mol. The summed E-state index contributed by atoms with van der Waals surface area (Å²) in [6, 6.07) is 11.1. The number of anilines is 1. The molecular formula is C22H20N6O2S. The first-order valence-corrected chi connectivity index (χ1v) is 10.4. The molecule has 3 aromatic heterocycles. The van der Waals surface area contributed by atoms with Gasteiger partial charge in [0.15, 0.2) is 5.16 Å². The average Bonchev–Trinajstić information content (AvgIpc) is 3.17. The van der Waals surface area contributed by atoms with Crippen molar-refractivity contribution in [2.75, 3.05) is 5.32 Å². The van der Waals surface area contributed by atoms with Crippen molar-refractivity contribution in [1.29, 1.82) is 0 Å². The largest absolute Gasteiger partial charge is 0.329 e. The number of amides is 1. The number of aromatic nitrogens is 5. The highest BCUT2D eigenvalue weighted by atomic mass is 32.2. The lowest BCUT2D eigenvalue weighted by Gasteiger charge is -2.09. The van der Waals surface area contributed by atoms with Gasteiger partial charge >= 0.3 is 0 Å². The van der Waals surface area contributed by atoms with E-state index in [1.807, 2.05) is 48.1 Å². The van der Waals surface area contributed by atoms with Gasteiger partial charge in [-0.25, -0.2) is 9.97 Å². The van der Waals surface area contributed by atoms with Crippen LogP contribution < -0.4 is 10.9 Å². The number of hydrogen-bond acceptors (Lipinski definition) is 6. The lowest BCUT2D eigenvalue weighted by molar-refractivity contribution is -0.115. The molecule has 2 N–H and O–H groups in total. The summed E-state index contributed by atoms with van der Waals surface area (Å²) in [5.41, 5.74) is 1.89. The molecule has 0 bridgehead atoms. The molecule has 4 aromatic rings. The van der Waals surface area contributed by atoms with Crippen molar-refractivity contribution in [2.45, 2.75) is 23.4 Å². The second-order valence-electron chi connectivity index (χ2n) is 6.89. The predicted octanol–water partition coefficient (Wildman–Crippen LogP) is 3.21. The smallest absolute Gasteiger partial charge is 0.255 e. The highest BCUT2D eigenvalue weighted by Gasteiger charge is 2.14. The van der Waals surface area contributed by atoms with Crippen LogP contribution in [0.15, 0.2) is 76.0 Å². The van der Waals surface area contributed by atoms with Crippen molar-refractivity contribution >= 4 is 23.4 Å². The highest BCUT2D eigenvalue weighted by Crippen LogP contribution is 2.26. The number of benzene rings is 1. The minimum Gasteiger partial charge on any atom is -0.329 e. The maximum atomic E-state index is 12.5. The van der Waals surface area contributed by atoms with Crippen molar-refractivity contribution in [2.24, 2.45) is 7.05 Å². The first-order chi connectivity index (χ1) is 15.0. The molecule has 1 aromatic carbocycles. The van der Waals surface area contributed by atoms with Gasteiger partial charge in [0.2, 0.25) is 5.91 Å². The van der Waals surface area contributed by atoms with Crippen LogP contribution in [0.25, 0.3) is 11.4 Å². The Morgan fingerprint density at radius 2 is 2.00 bits per heavy atom. The Hall–Kier alpha value is -3.72. The van der Waals surface area contributed by atoms with Crippen molar-refractivity contribution in [1.82, 2.24) is 24.5 Å². The second-order valence-corrected chi connectivity index (χ2v) is 7.93. The number of imidazole rings is 1. The summed E-state index contributed by atoms with van der Waals surface area (Å²) in [7, 11) is 1.94. The first-order valence-electron chi connectivity index (χ1n) is 9.55. The van der Waals surface area contributed by atoms with Gasteiger partial charge in [-0.2, -0.15) is 0 Å². The molecule has 0 aliphatic heterocycles. The molecule has 8 nitrogen and oxygen atoms in total. The maximum absolute atomic E-state index is 12.5. The van der Waals surface area contributed by atoms with E-state index in [-0.39, 0.29) is 17.9 Å². The molecule has 3 heterocycles. The lowest BCUT2D eigenvalue weighted by Crippen LogP contribution is -2.23. The van der Waals surface area contributed by atoms with E-state index in [1.165, 1.54) is 11.8 Å². The van der Waals surface area contributed by atoms with E-state index in [1.54, 1.807) is 31.6 Å². The summed E-state index contributed by atoms with van der Waals surface area (Å²) in [6.07, 6.45) is 6.85. The summed E-state index contributed by atoms with van der Waals surface area (Å²) in [5, 5.41) is 3.71. The number of rotatable bonds is 6.